The van der Waals surface area contributed by atoms with E-state index in [1.54, 1.807) is 37.4 Å². The molecule has 0 radical (unpaired) electrons. The van der Waals surface area contributed by atoms with Gasteiger partial charge in [0.05, 0.1) is 0 Å². The molecular weight excluding hydrogens is 318 g/mol. The molecule has 0 unspecified atom stereocenters. The highest BCUT2D eigenvalue weighted by atomic mass is 16.2. The largest absolute Gasteiger partial charge is 0.348 e. The number of anilines is 1. The zero-order valence-corrected chi connectivity index (χ0v) is 14.5. The number of nitrogens with one attached hydrogen (secondary N) is 2. The van der Waals surface area contributed by atoms with Crippen LogP contribution in [-0.4, -0.2) is 52.7 Å². The van der Waals surface area contributed by atoms with Crippen molar-refractivity contribution in [3.8, 4) is 0 Å². The number of nitrogens with zero attached hydrogens (tertiary/aromatic N) is 3. The third-order valence-corrected chi connectivity index (χ3v) is 4.44. The van der Waals surface area contributed by atoms with Crippen LogP contribution in [0.4, 0.5) is 5.82 Å². The summed E-state index contributed by atoms with van der Waals surface area (Å²) in [6, 6.07) is 10.7. The van der Waals surface area contributed by atoms with Gasteiger partial charge in [0.2, 0.25) is 0 Å². The second-order valence-electron chi connectivity index (χ2n) is 6.41. The van der Waals surface area contributed by atoms with Gasteiger partial charge < -0.3 is 15.5 Å². The van der Waals surface area contributed by atoms with Crippen molar-refractivity contribution >= 4 is 17.6 Å². The number of carbonyl (C=O) groups excluding carboxylic acids is 2. The molecule has 1 aliphatic rings. The molecule has 2 heterocycles. The van der Waals surface area contributed by atoms with Crippen LogP contribution in [0.25, 0.3) is 0 Å². The number of benzene rings is 1. The Labute approximate surface area is 147 Å². The first-order valence-electron chi connectivity index (χ1n) is 8.43. The van der Waals surface area contributed by atoms with Crippen molar-refractivity contribution in [2.75, 3.05) is 25.5 Å². The van der Waals surface area contributed by atoms with E-state index in [1.165, 1.54) is 4.68 Å². The van der Waals surface area contributed by atoms with Crippen LogP contribution in [-0.2, 0) is 7.05 Å². The van der Waals surface area contributed by atoms with Crippen molar-refractivity contribution < 1.29 is 9.59 Å². The zero-order chi connectivity index (χ0) is 17.8. The van der Waals surface area contributed by atoms with Crippen molar-refractivity contribution in [3.63, 3.8) is 0 Å². The van der Waals surface area contributed by atoms with Gasteiger partial charge in [-0.3, -0.25) is 14.3 Å². The highest BCUT2D eigenvalue weighted by molar-refractivity contribution is 6.04. The summed E-state index contributed by atoms with van der Waals surface area (Å²) >= 11 is 0. The summed E-state index contributed by atoms with van der Waals surface area (Å²) in [6.45, 7) is 1.96. The first-order valence-corrected chi connectivity index (χ1v) is 8.43. The predicted molar refractivity (Wildman–Crippen MR) is 95.6 cm³/mol. The molecule has 7 heteroatoms. The lowest BCUT2D eigenvalue weighted by molar-refractivity contribution is 0.0910. The Balaban J connectivity index is 1.63. The predicted octanol–water partition coefficient (Wildman–Crippen LogP) is 1.50. The minimum Gasteiger partial charge on any atom is -0.348 e. The van der Waals surface area contributed by atoms with E-state index in [0.29, 0.717) is 17.1 Å². The molecule has 0 atom stereocenters. The highest BCUT2D eigenvalue weighted by Crippen LogP contribution is 2.13. The quantitative estimate of drug-likeness (QED) is 0.883. The van der Waals surface area contributed by atoms with Crippen LogP contribution < -0.4 is 10.6 Å². The van der Waals surface area contributed by atoms with E-state index in [1.807, 2.05) is 6.07 Å². The van der Waals surface area contributed by atoms with Crippen molar-refractivity contribution in [1.82, 2.24) is 20.0 Å². The van der Waals surface area contributed by atoms with Crippen LogP contribution >= 0.6 is 0 Å². The zero-order valence-electron chi connectivity index (χ0n) is 14.5. The molecule has 7 nitrogen and oxygen atoms in total. The van der Waals surface area contributed by atoms with Gasteiger partial charge in [0.25, 0.3) is 11.8 Å². The fourth-order valence-electron chi connectivity index (χ4n) is 2.89. The number of rotatable bonds is 4. The normalized spacial score (nSPS) is 15.8. The first kappa shape index (κ1) is 17.2. The van der Waals surface area contributed by atoms with Gasteiger partial charge in [0, 0.05) is 24.7 Å². The minimum atomic E-state index is -0.231. The molecule has 2 aromatic rings. The summed E-state index contributed by atoms with van der Waals surface area (Å²) in [5.74, 6) is 0.0543. The highest BCUT2D eigenvalue weighted by Gasteiger charge is 2.21. The van der Waals surface area contributed by atoms with Crippen LogP contribution in [0.2, 0.25) is 0 Å². The van der Waals surface area contributed by atoms with Gasteiger partial charge in [-0.05, 0) is 45.1 Å². The van der Waals surface area contributed by atoms with Gasteiger partial charge in [0.15, 0.2) is 5.69 Å². The number of aryl methyl sites for hydroxylation is 1. The van der Waals surface area contributed by atoms with Crippen molar-refractivity contribution in [1.29, 1.82) is 0 Å². The topological polar surface area (TPSA) is 79.3 Å². The van der Waals surface area contributed by atoms with Crippen LogP contribution in [0.3, 0.4) is 0 Å². The Morgan fingerprint density at radius 1 is 1.08 bits per heavy atom. The number of carbonyl (C=O) groups is 2. The Morgan fingerprint density at radius 3 is 2.44 bits per heavy atom. The van der Waals surface area contributed by atoms with E-state index in [0.717, 1.165) is 25.9 Å². The van der Waals surface area contributed by atoms with Crippen molar-refractivity contribution in [3.05, 3.63) is 47.7 Å². The summed E-state index contributed by atoms with van der Waals surface area (Å²) in [4.78, 5) is 26.9. The Hall–Kier alpha value is -2.67. The molecule has 1 aliphatic heterocycles. The van der Waals surface area contributed by atoms with E-state index in [2.05, 4.69) is 27.7 Å². The molecule has 2 N–H and O–H groups in total. The van der Waals surface area contributed by atoms with Gasteiger partial charge in [-0.15, -0.1) is 0 Å². The molecule has 132 valence electrons. The number of piperidine rings is 1. The number of likely N-dealkylation sites (tertiary alicyclic amines) is 1. The lowest BCUT2D eigenvalue weighted by Crippen LogP contribution is -2.43. The van der Waals surface area contributed by atoms with Crippen molar-refractivity contribution in [2.45, 2.75) is 18.9 Å². The molecule has 0 aliphatic carbocycles. The molecule has 0 spiro atoms. The Kier molecular flexibility index (Phi) is 5.14. The average Bonchev–Trinajstić information content (AvgIpc) is 2.98. The molecule has 1 aromatic carbocycles. The fraction of sp³-hybridized carbons (Fsp3) is 0.389. The lowest BCUT2D eigenvalue weighted by Gasteiger charge is -2.29. The van der Waals surface area contributed by atoms with Gasteiger partial charge in [-0.1, -0.05) is 18.2 Å². The van der Waals surface area contributed by atoms with E-state index in [9.17, 15) is 9.59 Å². The van der Waals surface area contributed by atoms with E-state index < -0.39 is 0 Å². The SMILES string of the molecule is CN1CCC(NC(=O)c2cc(NC(=O)c3ccccc3)n(C)n2)CC1. The molecule has 1 aromatic heterocycles. The molecule has 0 saturated carbocycles. The monoisotopic (exact) mass is 341 g/mol. The molecule has 1 saturated heterocycles. The lowest BCUT2D eigenvalue weighted by atomic mass is 10.1. The third kappa shape index (κ3) is 4.24. The minimum absolute atomic E-state index is 0.174. The third-order valence-electron chi connectivity index (χ3n) is 4.44. The Morgan fingerprint density at radius 2 is 1.76 bits per heavy atom. The summed E-state index contributed by atoms with van der Waals surface area (Å²) < 4.78 is 1.50. The maximum Gasteiger partial charge on any atom is 0.272 e. The van der Waals surface area contributed by atoms with Gasteiger partial charge in [0.1, 0.15) is 5.82 Å². The summed E-state index contributed by atoms with van der Waals surface area (Å²) in [5.41, 5.74) is 0.866. The molecule has 2 amide bonds. The van der Waals surface area contributed by atoms with Gasteiger partial charge in [-0.25, -0.2) is 0 Å². The summed E-state index contributed by atoms with van der Waals surface area (Å²) in [6.07, 6.45) is 1.87. The van der Waals surface area contributed by atoms with Crippen LogP contribution in [0.5, 0.6) is 0 Å². The van der Waals surface area contributed by atoms with Crippen LogP contribution in [0, 0.1) is 0 Å². The Bertz CT molecular complexity index is 748. The smallest absolute Gasteiger partial charge is 0.272 e. The summed E-state index contributed by atoms with van der Waals surface area (Å²) in [5, 5.41) is 10.0. The standard InChI is InChI=1S/C18H23N5O2/c1-22-10-8-14(9-11-22)19-18(25)15-12-16(23(2)21-15)20-17(24)13-6-4-3-5-7-13/h3-7,12,14H,8-11H2,1-2H3,(H,19,25)(H,20,24). The maximum absolute atomic E-state index is 12.4. The van der Waals surface area contributed by atoms with Crippen molar-refractivity contribution in [2.24, 2.45) is 7.05 Å². The van der Waals surface area contributed by atoms with Gasteiger partial charge >= 0.3 is 0 Å². The molecular formula is C18H23N5O2. The second-order valence-corrected chi connectivity index (χ2v) is 6.41. The second kappa shape index (κ2) is 7.48. The molecule has 0 bridgehead atoms. The number of amides is 2. The average molecular weight is 341 g/mol. The summed E-state index contributed by atoms with van der Waals surface area (Å²) in [7, 11) is 3.78. The maximum atomic E-state index is 12.4. The molecule has 1 fully saturated rings. The van der Waals surface area contributed by atoms with Crippen LogP contribution in [0.15, 0.2) is 36.4 Å². The molecule has 3 rings (SSSR count). The van der Waals surface area contributed by atoms with E-state index >= 15 is 0 Å². The number of hydrogen-bond acceptors (Lipinski definition) is 4. The van der Waals surface area contributed by atoms with E-state index in [4.69, 9.17) is 0 Å². The number of hydrogen-bond donors (Lipinski definition) is 2. The van der Waals surface area contributed by atoms with Gasteiger partial charge in [-0.2, -0.15) is 5.10 Å². The van der Waals surface area contributed by atoms with Crippen LogP contribution in [0.1, 0.15) is 33.7 Å². The van der Waals surface area contributed by atoms with E-state index in [-0.39, 0.29) is 17.9 Å². The number of aromatic nitrogens is 2. The fourth-order valence-corrected chi connectivity index (χ4v) is 2.89. The molecule has 25 heavy (non-hydrogen) atoms. The first-order chi connectivity index (χ1) is 12.0.